The van der Waals surface area contributed by atoms with E-state index in [9.17, 15) is 13.6 Å². The number of carbonyl (C=O) groups excluding carboxylic acids is 1. The van der Waals surface area contributed by atoms with E-state index in [1.165, 1.54) is 13.2 Å². The highest BCUT2D eigenvalue weighted by Gasteiger charge is 2.46. The number of H-pyrrole nitrogens is 1. The highest BCUT2D eigenvalue weighted by Crippen LogP contribution is 2.44. The summed E-state index contributed by atoms with van der Waals surface area (Å²) < 4.78 is 33.5. The zero-order valence-corrected chi connectivity index (χ0v) is 16.9. The molecule has 3 aliphatic carbocycles. The number of anilines is 1. The lowest BCUT2D eigenvalue weighted by atomic mass is 9.71. The van der Waals surface area contributed by atoms with Gasteiger partial charge in [-0.25, -0.2) is 23.7 Å². The Labute approximate surface area is 176 Å². The summed E-state index contributed by atoms with van der Waals surface area (Å²) in [6.07, 6.45) is 7.05. The molecule has 4 atom stereocenters. The highest BCUT2D eigenvalue weighted by molar-refractivity contribution is 5.88. The Morgan fingerprint density at radius 1 is 1.16 bits per heavy atom. The molecule has 0 spiro atoms. The summed E-state index contributed by atoms with van der Waals surface area (Å²) in [6, 6.07) is 1.00. The molecule has 0 radical (unpaired) electrons. The third-order valence-electron chi connectivity index (χ3n) is 6.58. The number of esters is 1. The van der Waals surface area contributed by atoms with E-state index in [0.29, 0.717) is 16.7 Å². The van der Waals surface area contributed by atoms with Gasteiger partial charge in [-0.15, -0.1) is 0 Å². The van der Waals surface area contributed by atoms with Crippen LogP contribution in [0.5, 0.6) is 0 Å². The van der Waals surface area contributed by atoms with Crippen molar-refractivity contribution in [1.29, 1.82) is 0 Å². The third-order valence-corrected chi connectivity index (χ3v) is 6.58. The average Bonchev–Trinajstić information content (AvgIpc) is 2.94. The standard InChI is InChI=1S/C21H22F2N6O2/c1-31-21(30)15-10-3-2-4-11(6-5-10)16(15)26-19-14(23)9-25-20(27-19)17-13-7-12(22)8-24-18(13)29-28-17/h7-11,15-16H,2-6H2,1H3,(H,24,28,29)(H,25,26,27)/t10?,11?,15-,16-/m0/s1. The number of nitrogens with zero attached hydrogens (tertiary/aromatic N) is 4. The van der Waals surface area contributed by atoms with E-state index in [-0.39, 0.29) is 41.4 Å². The summed E-state index contributed by atoms with van der Waals surface area (Å²) in [4.78, 5) is 24.9. The normalized spacial score (nSPS) is 25.4. The lowest BCUT2D eigenvalue weighted by Crippen LogP contribution is -2.47. The van der Waals surface area contributed by atoms with Crippen LogP contribution in [0.15, 0.2) is 18.5 Å². The first-order valence-corrected chi connectivity index (χ1v) is 10.4. The van der Waals surface area contributed by atoms with Gasteiger partial charge in [-0.05, 0) is 43.6 Å². The van der Waals surface area contributed by atoms with E-state index < -0.39 is 11.6 Å². The molecular formula is C21H22F2N6O2. The molecule has 8 nitrogen and oxygen atoms in total. The molecule has 0 saturated heterocycles. The van der Waals surface area contributed by atoms with Crippen molar-refractivity contribution in [3.63, 3.8) is 0 Å². The van der Waals surface area contributed by atoms with Crippen LogP contribution in [-0.2, 0) is 9.53 Å². The van der Waals surface area contributed by atoms with Gasteiger partial charge in [-0.3, -0.25) is 9.89 Å². The molecule has 6 rings (SSSR count). The summed E-state index contributed by atoms with van der Waals surface area (Å²) >= 11 is 0. The van der Waals surface area contributed by atoms with Crippen molar-refractivity contribution in [2.24, 2.45) is 17.8 Å². The summed E-state index contributed by atoms with van der Waals surface area (Å²) in [5.41, 5.74) is 0.655. The maximum absolute atomic E-state index is 14.7. The molecule has 3 aliphatic rings. The number of pyridine rings is 1. The lowest BCUT2D eigenvalue weighted by Gasteiger charge is -2.39. The first kappa shape index (κ1) is 19.8. The zero-order chi connectivity index (χ0) is 21.5. The molecule has 3 aromatic heterocycles. The summed E-state index contributed by atoms with van der Waals surface area (Å²) in [6.45, 7) is 0. The van der Waals surface area contributed by atoms with Crippen molar-refractivity contribution in [2.45, 2.75) is 38.1 Å². The van der Waals surface area contributed by atoms with Crippen LogP contribution in [0.4, 0.5) is 14.6 Å². The van der Waals surface area contributed by atoms with Crippen LogP contribution in [0.2, 0.25) is 0 Å². The van der Waals surface area contributed by atoms with Crippen molar-refractivity contribution >= 4 is 22.8 Å². The highest BCUT2D eigenvalue weighted by atomic mass is 19.1. The molecule has 10 heteroatoms. The van der Waals surface area contributed by atoms with E-state index in [2.05, 4.69) is 30.5 Å². The van der Waals surface area contributed by atoms with Gasteiger partial charge in [-0.2, -0.15) is 5.10 Å². The molecule has 3 saturated carbocycles. The van der Waals surface area contributed by atoms with Crippen LogP contribution in [0.3, 0.4) is 0 Å². The monoisotopic (exact) mass is 428 g/mol. The van der Waals surface area contributed by atoms with Crippen LogP contribution >= 0.6 is 0 Å². The first-order valence-electron chi connectivity index (χ1n) is 10.4. The number of hydrogen-bond acceptors (Lipinski definition) is 7. The van der Waals surface area contributed by atoms with Crippen LogP contribution in [0.25, 0.3) is 22.6 Å². The maximum atomic E-state index is 14.7. The van der Waals surface area contributed by atoms with Gasteiger partial charge in [0.15, 0.2) is 23.1 Å². The molecule has 162 valence electrons. The first-order chi connectivity index (χ1) is 15.0. The second-order valence-corrected chi connectivity index (χ2v) is 8.26. The summed E-state index contributed by atoms with van der Waals surface area (Å²) in [5, 5.41) is 10.4. The topological polar surface area (TPSA) is 106 Å². The smallest absolute Gasteiger partial charge is 0.311 e. The Bertz CT molecular complexity index is 1130. The number of carbonyl (C=O) groups is 1. The predicted molar refractivity (Wildman–Crippen MR) is 108 cm³/mol. The fourth-order valence-corrected chi connectivity index (χ4v) is 5.14. The van der Waals surface area contributed by atoms with Crippen molar-refractivity contribution in [3.8, 4) is 11.5 Å². The Hall–Kier alpha value is -3.17. The molecule has 2 bridgehead atoms. The number of aromatic amines is 1. The second kappa shape index (κ2) is 7.82. The van der Waals surface area contributed by atoms with Crippen LogP contribution < -0.4 is 5.32 Å². The fraction of sp³-hybridized carbons (Fsp3) is 0.476. The molecule has 3 aromatic rings. The second-order valence-electron chi connectivity index (χ2n) is 8.26. The van der Waals surface area contributed by atoms with Gasteiger partial charge in [0.05, 0.1) is 30.8 Å². The number of fused-ring (bicyclic) bond motifs is 5. The van der Waals surface area contributed by atoms with Crippen LogP contribution in [-0.4, -0.2) is 44.3 Å². The lowest BCUT2D eigenvalue weighted by molar-refractivity contribution is -0.149. The third kappa shape index (κ3) is 3.49. The summed E-state index contributed by atoms with van der Waals surface area (Å²) in [5.74, 6) is -1.17. The van der Waals surface area contributed by atoms with E-state index in [4.69, 9.17) is 4.74 Å². The minimum Gasteiger partial charge on any atom is -0.469 e. The number of rotatable bonds is 4. The molecular weight excluding hydrogens is 406 g/mol. The number of hydrogen-bond donors (Lipinski definition) is 2. The summed E-state index contributed by atoms with van der Waals surface area (Å²) in [7, 11) is 1.39. The number of aromatic nitrogens is 5. The average molecular weight is 428 g/mol. The van der Waals surface area contributed by atoms with Crippen LogP contribution in [0.1, 0.15) is 32.1 Å². The molecule has 2 N–H and O–H groups in total. The quantitative estimate of drug-likeness (QED) is 0.613. The van der Waals surface area contributed by atoms with E-state index in [0.717, 1.165) is 44.5 Å². The minimum absolute atomic E-state index is 0.00330. The molecule has 2 unspecified atom stereocenters. The molecule has 3 heterocycles. The Kier molecular flexibility index (Phi) is 4.99. The van der Waals surface area contributed by atoms with Gasteiger partial charge in [0.1, 0.15) is 11.5 Å². The molecule has 0 aromatic carbocycles. The molecule has 0 amide bonds. The van der Waals surface area contributed by atoms with Crippen molar-refractivity contribution in [1.82, 2.24) is 25.1 Å². The number of halogens is 2. The molecule has 0 aliphatic heterocycles. The Balaban J connectivity index is 1.52. The van der Waals surface area contributed by atoms with Gasteiger partial charge in [0.25, 0.3) is 0 Å². The van der Waals surface area contributed by atoms with Crippen LogP contribution in [0, 0.1) is 29.4 Å². The Morgan fingerprint density at radius 3 is 2.81 bits per heavy atom. The van der Waals surface area contributed by atoms with Crippen molar-refractivity contribution in [3.05, 3.63) is 30.1 Å². The van der Waals surface area contributed by atoms with Gasteiger partial charge < -0.3 is 10.1 Å². The van der Waals surface area contributed by atoms with E-state index >= 15 is 0 Å². The van der Waals surface area contributed by atoms with Crippen molar-refractivity contribution < 1.29 is 18.3 Å². The maximum Gasteiger partial charge on any atom is 0.311 e. The largest absolute Gasteiger partial charge is 0.469 e. The number of nitrogens with one attached hydrogen (secondary N) is 2. The number of ether oxygens (including phenoxy) is 1. The predicted octanol–water partition coefficient (Wildman–Crippen LogP) is 3.47. The van der Waals surface area contributed by atoms with Gasteiger partial charge in [-0.1, -0.05) is 6.42 Å². The van der Waals surface area contributed by atoms with Gasteiger partial charge in [0.2, 0.25) is 0 Å². The molecule has 3 fully saturated rings. The fourth-order valence-electron chi connectivity index (χ4n) is 5.14. The minimum atomic E-state index is -0.624. The Morgan fingerprint density at radius 2 is 1.97 bits per heavy atom. The van der Waals surface area contributed by atoms with Gasteiger partial charge in [0, 0.05) is 6.04 Å². The molecule has 31 heavy (non-hydrogen) atoms. The zero-order valence-electron chi connectivity index (χ0n) is 16.9. The van der Waals surface area contributed by atoms with Crippen molar-refractivity contribution in [2.75, 3.05) is 12.4 Å². The van der Waals surface area contributed by atoms with E-state index in [1.54, 1.807) is 0 Å². The number of methoxy groups -OCH3 is 1. The van der Waals surface area contributed by atoms with Gasteiger partial charge >= 0.3 is 5.97 Å². The SMILES string of the molecule is COC(=O)[C@H]1C2CCCC(CC2)[C@@H]1Nc1nc(-c2[nH]nc3ncc(F)cc23)ncc1F. The van der Waals surface area contributed by atoms with E-state index in [1.807, 2.05) is 0 Å².